The summed E-state index contributed by atoms with van der Waals surface area (Å²) < 4.78 is 11.9. The lowest BCUT2D eigenvalue weighted by molar-refractivity contribution is -0.252. The smallest absolute Gasteiger partial charge is 0.302 e. The van der Waals surface area contributed by atoms with E-state index in [1.165, 1.54) is 89.3 Å². The Labute approximate surface area is 268 Å². The number of carbonyl (C=O) groups is 2. The summed E-state index contributed by atoms with van der Waals surface area (Å²) >= 11 is 0. The molecule has 1 heterocycles. The standard InChI is InChI=1S/C39H63NO4/c1-26(24-40-22-10-9-11-23-40)29-14-19-39(25-43-27(2)41)21-20-37(7)30(34(29)39)12-13-32-36(6)17-16-33(44-28(3)42)35(4,5)31(36)15-18-38(32,37)8/h29-34H,1,9-25H2,2-8H3/t29-,30+,31-,32+,33-,34+,36-,37+,38+,39+/m0/s1. The first-order chi connectivity index (χ1) is 20.7. The zero-order valence-electron chi connectivity index (χ0n) is 29.3. The Balaban J connectivity index is 1.31. The van der Waals surface area contributed by atoms with Crippen molar-refractivity contribution in [2.45, 2.75) is 138 Å². The summed E-state index contributed by atoms with van der Waals surface area (Å²) in [5.74, 6) is 2.72. The average Bonchev–Trinajstić information content (AvgIpc) is 3.34. The molecule has 5 saturated carbocycles. The van der Waals surface area contributed by atoms with E-state index in [0.717, 1.165) is 19.4 Å². The second kappa shape index (κ2) is 11.4. The zero-order chi connectivity index (χ0) is 31.7. The van der Waals surface area contributed by atoms with E-state index in [4.69, 9.17) is 16.1 Å². The third kappa shape index (κ3) is 4.94. The molecule has 10 atom stereocenters. The van der Waals surface area contributed by atoms with Crippen molar-refractivity contribution in [2.75, 3.05) is 26.2 Å². The van der Waals surface area contributed by atoms with E-state index < -0.39 is 0 Å². The summed E-state index contributed by atoms with van der Waals surface area (Å²) in [5.41, 5.74) is 2.35. The molecule has 0 aromatic heterocycles. The number of likely N-dealkylation sites (tertiary alicyclic amines) is 1. The molecule has 0 unspecified atom stereocenters. The normalized spacial score (nSPS) is 46.5. The second-order valence-electron chi connectivity index (χ2n) is 17.9. The summed E-state index contributed by atoms with van der Waals surface area (Å²) in [6, 6.07) is 0. The summed E-state index contributed by atoms with van der Waals surface area (Å²) in [6.07, 6.45) is 16.0. The van der Waals surface area contributed by atoms with E-state index in [2.05, 4.69) is 39.5 Å². The minimum Gasteiger partial charge on any atom is -0.465 e. The van der Waals surface area contributed by atoms with Crippen molar-refractivity contribution < 1.29 is 19.1 Å². The minimum atomic E-state index is -0.132. The molecule has 0 N–H and O–H groups in total. The van der Waals surface area contributed by atoms with Crippen LogP contribution in [0.3, 0.4) is 0 Å². The van der Waals surface area contributed by atoms with Crippen molar-refractivity contribution in [3.05, 3.63) is 12.2 Å². The third-order valence-electron chi connectivity index (χ3n) is 15.8. The van der Waals surface area contributed by atoms with E-state index in [0.29, 0.717) is 36.2 Å². The van der Waals surface area contributed by atoms with E-state index in [-0.39, 0.29) is 45.1 Å². The van der Waals surface area contributed by atoms with Gasteiger partial charge in [-0.15, -0.1) is 0 Å². The molecule has 44 heavy (non-hydrogen) atoms. The molecule has 6 aliphatic rings. The number of nitrogens with zero attached hydrogens (tertiary/aromatic N) is 1. The van der Waals surface area contributed by atoms with Crippen molar-refractivity contribution in [3.8, 4) is 0 Å². The maximum atomic E-state index is 12.2. The fraction of sp³-hybridized carbons (Fsp3) is 0.897. The van der Waals surface area contributed by atoms with E-state index >= 15 is 0 Å². The van der Waals surface area contributed by atoms with Crippen molar-refractivity contribution in [3.63, 3.8) is 0 Å². The predicted molar refractivity (Wildman–Crippen MR) is 176 cm³/mol. The van der Waals surface area contributed by atoms with Gasteiger partial charge in [-0.3, -0.25) is 14.5 Å². The van der Waals surface area contributed by atoms with Crippen LogP contribution in [0.2, 0.25) is 0 Å². The number of carbonyl (C=O) groups excluding carboxylic acids is 2. The van der Waals surface area contributed by atoms with Crippen molar-refractivity contribution in [2.24, 2.45) is 56.7 Å². The van der Waals surface area contributed by atoms with Gasteiger partial charge in [0.15, 0.2) is 0 Å². The summed E-state index contributed by atoms with van der Waals surface area (Å²) in [7, 11) is 0. The molecule has 6 fully saturated rings. The first-order valence-electron chi connectivity index (χ1n) is 18.4. The minimum absolute atomic E-state index is 0.00770. The number of rotatable bonds is 6. The summed E-state index contributed by atoms with van der Waals surface area (Å²) in [6.45, 7) is 24.9. The lowest BCUT2D eigenvalue weighted by Crippen LogP contribution is -2.67. The maximum absolute atomic E-state index is 12.2. The van der Waals surface area contributed by atoms with Crippen LogP contribution in [0.4, 0.5) is 0 Å². The number of esters is 2. The Morgan fingerprint density at radius 3 is 2.18 bits per heavy atom. The van der Waals surface area contributed by atoms with Gasteiger partial charge in [-0.2, -0.15) is 0 Å². The summed E-state index contributed by atoms with van der Waals surface area (Å²) in [4.78, 5) is 26.9. The SMILES string of the molecule is C=C(CN1CCCCC1)[C@@H]1CC[C@]2(COC(C)=O)CC[C@]3(C)[C@H](CC[C@@H]4[C@@]5(C)CC[C@H](OC(C)=O)C(C)(C)[C@@H]5CC[C@]43C)[C@@H]12. The maximum Gasteiger partial charge on any atom is 0.302 e. The fourth-order valence-electron chi connectivity index (χ4n) is 13.6. The Hall–Kier alpha value is -1.36. The molecule has 5 heteroatoms. The van der Waals surface area contributed by atoms with Gasteiger partial charge in [0, 0.05) is 31.2 Å². The molecule has 248 valence electrons. The predicted octanol–water partition coefficient (Wildman–Crippen LogP) is 8.60. The van der Waals surface area contributed by atoms with Crippen LogP contribution in [0.1, 0.15) is 132 Å². The lowest BCUT2D eigenvalue weighted by Gasteiger charge is -2.73. The number of hydrogen-bond acceptors (Lipinski definition) is 5. The molecule has 0 bridgehead atoms. The van der Waals surface area contributed by atoms with Crippen LogP contribution in [0, 0.1) is 56.7 Å². The monoisotopic (exact) mass is 609 g/mol. The highest BCUT2D eigenvalue weighted by atomic mass is 16.5. The number of hydrogen-bond donors (Lipinski definition) is 0. The highest BCUT2D eigenvalue weighted by Crippen LogP contribution is 2.77. The average molecular weight is 610 g/mol. The Bertz CT molecular complexity index is 1140. The van der Waals surface area contributed by atoms with Gasteiger partial charge < -0.3 is 9.47 Å². The highest BCUT2D eigenvalue weighted by Gasteiger charge is 2.71. The summed E-state index contributed by atoms with van der Waals surface area (Å²) in [5, 5.41) is 0. The van der Waals surface area contributed by atoms with Crippen LogP contribution in [0.15, 0.2) is 12.2 Å². The Kier molecular flexibility index (Phi) is 8.45. The van der Waals surface area contributed by atoms with Gasteiger partial charge in [-0.05, 0) is 136 Å². The Morgan fingerprint density at radius 2 is 1.50 bits per heavy atom. The van der Waals surface area contributed by atoms with Gasteiger partial charge in [0.2, 0.25) is 0 Å². The molecule has 0 aromatic carbocycles. The van der Waals surface area contributed by atoms with Crippen LogP contribution < -0.4 is 0 Å². The number of ether oxygens (including phenoxy) is 2. The van der Waals surface area contributed by atoms with Crippen molar-refractivity contribution in [1.29, 1.82) is 0 Å². The largest absolute Gasteiger partial charge is 0.465 e. The molecule has 0 aromatic rings. The first-order valence-corrected chi connectivity index (χ1v) is 18.4. The third-order valence-corrected chi connectivity index (χ3v) is 15.8. The van der Waals surface area contributed by atoms with Crippen LogP contribution in [-0.2, 0) is 19.1 Å². The molecule has 1 saturated heterocycles. The molecule has 5 nitrogen and oxygen atoms in total. The molecule has 0 radical (unpaired) electrons. The van der Waals surface area contributed by atoms with Gasteiger partial charge in [-0.1, -0.05) is 53.2 Å². The zero-order valence-corrected chi connectivity index (χ0v) is 29.3. The molecular weight excluding hydrogens is 546 g/mol. The van der Waals surface area contributed by atoms with E-state index in [1.54, 1.807) is 13.8 Å². The van der Waals surface area contributed by atoms with Crippen LogP contribution in [-0.4, -0.2) is 49.2 Å². The highest BCUT2D eigenvalue weighted by molar-refractivity contribution is 5.66. The fourth-order valence-corrected chi connectivity index (χ4v) is 13.6. The molecule has 0 spiro atoms. The van der Waals surface area contributed by atoms with Crippen LogP contribution in [0.25, 0.3) is 0 Å². The van der Waals surface area contributed by atoms with E-state index in [1.807, 2.05) is 0 Å². The molecule has 5 aliphatic carbocycles. The van der Waals surface area contributed by atoms with Gasteiger partial charge in [0.25, 0.3) is 0 Å². The van der Waals surface area contributed by atoms with Crippen molar-refractivity contribution in [1.82, 2.24) is 4.90 Å². The molecule has 0 amide bonds. The molecule has 6 rings (SSSR count). The van der Waals surface area contributed by atoms with Gasteiger partial charge in [-0.25, -0.2) is 0 Å². The first kappa shape index (κ1) is 32.6. The molecular formula is C39H63NO4. The quantitative estimate of drug-likeness (QED) is 0.223. The Morgan fingerprint density at radius 1 is 0.773 bits per heavy atom. The van der Waals surface area contributed by atoms with Gasteiger partial charge in [0.05, 0.1) is 6.61 Å². The number of piperidine rings is 1. The van der Waals surface area contributed by atoms with Crippen LogP contribution >= 0.6 is 0 Å². The second-order valence-corrected chi connectivity index (χ2v) is 17.9. The topological polar surface area (TPSA) is 55.8 Å². The van der Waals surface area contributed by atoms with Gasteiger partial charge in [0.1, 0.15) is 6.10 Å². The molecule has 1 aliphatic heterocycles. The van der Waals surface area contributed by atoms with Gasteiger partial charge >= 0.3 is 11.9 Å². The van der Waals surface area contributed by atoms with Crippen molar-refractivity contribution >= 4 is 11.9 Å². The lowest BCUT2D eigenvalue weighted by atomic mass is 9.32. The van der Waals surface area contributed by atoms with E-state index in [9.17, 15) is 9.59 Å². The number of fused-ring (bicyclic) bond motifs is 7. The van der Waals surface area contributed by atoms with Crippen LogP contribution in [0.5, 0.6) is 0 Å².